The molecule has 10 heteroatoms. The highest BCUT2D eigenvalue weighted by Gasteiger charge is 2.70. The molecule has 33 heavy (non-hydrogen) atoms. The Morgan fingerprint density at radius 1 is 1.09 bits per heavy atom. The fourth-order valence-electron chi connectivity index (χ4n) is 5.70. The van der Waals surface area contributed by atoms with Crippen LogP contribution in [-0.2, 0) is 34.0 Å². The van der Waals surface area contributed by atoms with Gasteiger partial charge < -0.3 is 18.8 Å². The van der Waals surface area contributed by atoms with E-state index in [-0.39, 0.29) is 39.5 Å². The van der Waals surface area contributed by atoms with Crippen LogP contribution in [0.4, 0.5) is 0 Å². The molecule has 1 aromatic rings. The fraction of sp³-hybridized carbons (Fsp3) is 0.609. The number of hydrogen-bond acceptors (Lipinski definition) is 9. The summed E-state index contributed by atoms with van der Waals surface area (Å²) in [5.41, 5.74) is 0.537. The Morgan fingerprint density at radius 2 is 1.67 bits per heavy atom. The first-order chi connectivity index (χ1) is 15.3. The van der Waals surface area contributed by atoms with Crippen molar-refractivity contribution >= 4 is 28.0 Å². The van der Waals surface area contributed by atoms with Gasteiger partial charge in [-0.1, -0.05) is 27.7 Å². The van der Waals surface area contributed by atoms with Crippen molar-refractivity contribution in [1.29, 1.82) is 0 Å². The number of ether oxygens (including phenoxy) is 3. The van der Waals surface area contributed by atoms with Crippen molar-refractivity contribution in [2.24, 2.45) is 23.7 Å². The van der Waals surface area contributed by atoms with Crippen molar-refractivity contribution in [2.75, 3.05) is 0 Å². The normalized spacial score (nSPS) is 30.1. The summed E-state index contributed by atoms with van der Waals surface area (Å²) in [5, 5.41) is 0. The smallest absolute Gasteiger partial charge is 0.315 e. The van der Waals surface area contributed by atoms with Crippen LogP contribution in [0.1, 0.15) is 64.0 Å². The largest absolute Gasteiger partial charge is 0.744 e. The third-order valence-corrected chi connectivity index (χ3v) is 7.92. The van der Waals surface area contributed by atoms with Crippen LogP contribution in [-0.4, -0.2) is 43.1 Å². The molecule has 0 aromatic heterocycles. The summed E-state index contributed by atoms with van der Waals surface area (Å²) in [5.74, 6) is -4.31. The first-order valence-corrected chi connectivity index (χ1v) is 12.4. The number of benzene rings is 1. The van der Waals surface area contributed by atoms with Crippen LogP contribution >= 0.6 is 0 Å². The lowest BCUT2D eigenvalue weighted by Gasteiger charge is -2.30. The molecule has 0 radical (unpaired) electrons. The van der Waals surface area contributed by atoms with Crippen LogP contribution < -0.4 is 4.74 Å². The van der Waals surface area contributed by atoms with E-state index in [1.54, 1.807) is 27.7 Å². The summed E-state index contributed by atoms with van der Waals surface area (Å²) in [7, 11) is -4.76. The van der Waals surface area contributed by atoms with Crippen LogP contribution in [0.15, 0.2) is 17.0 Å². The molecule has 3 fully saturated rings. The Hall–Kier alpha value is -2.46. The lowest BCUT2D eigenvalue weighted by atomic mass is 9.78. The maximum Gasteiger partial charge on any atom is 0.315 e. The van der Waals surface area contributed by atoms with Gasteiger partial charge in [-0.25, -0.2) is 8.42 Å². The number of hydrogen-bond donors (Lipinski definition) is 0. The van der Waals surface area contributed by atoms with Crippen molar-refractivity contribution < 1.29 is 41.6 Å². The molecule has 180 valence electrons. The van der Waals surface area contributed by atoms with Crippen LogP contribution in [0.2, 0.25) is 0 Å². The quantitative estimate of drug-likeness (QED) is 0.342. The minimum Gasteiger partial charge on any atom is -0.744 e. The van der Waals surface area contributed by atoms with E-state index in [1.165, 1.54) is 19.1 Å². The summed E-state index contributed by atoms with van der Waals surface area (Å²) in [6.07, 6.45) is -0.721. The van der Waals surface area contributed by atoms with Gasteiger partial charge >= 0.3 is 17.9 Å². The molecule has 1 aromatic carbocycles. The van der Waals surface area contributed by atoms with Gasteiger partial charge in [0.25, 0.3) is 0 Å². The molecule has 2 aliphatic carbocycles. The number of carbonyl (C=O) groups excluding carboxylic acids is 3. The Morgan fingerprint density at radius 3 is 2.15 bits per heavy atom. The van der Waals surface area contributed by atoms with Crippen molar-refractivity contribution in [3.8, 4) is 5.75 Å². The van der Waals surface area contributed by atoms with Gasteiger partial charge in [0.2, 0.25) is 0 Å². The maximum absolute atomic E-state index is 13.3. The number of fused-ring (bicyclic) bond motifs is 1. The lowest BCUT2D eigenvalue weighted by molar-refractivity contribution is -0.161. The van der Waals surface area contributed by atoms with Gasteiger partial charge in [-0.05, 0) is 41.5 Å². The minimum absolute atomic E-state index is 0.106. The van der Waals surface area contributed by atoms with Crippen LogP contribution in [0.5, 0.6) is 5.75 Å². The molecule has 0 N–H and O–H groups in total. The molecule has 3 aliphatic rings. The summed E-state index contributed by atoms with van der Waals surface area (Å²) < 4.78 is 52.5. The van der Waals surface area contributed by atoms with E-state index >= 15 is 0 Å². The third-order valence-electron chi connectivity index (χ3n) is 6.95. The molecule has 9 nitrogen and oxygen atoms in total. The van der Waals surface area contributed by atoms with Crippen molar-refractivity contribution in [3.05, 3.63) is 23.3 Å². The average Bonchev–Trinajstić information content (AvgIpc) is 3.29. The van der Waals surface area contributed by atoms with Gasteiger partial charge in [-0.15, -0.1) is 0 Å². The Bertz CT molecular complexity index is 1090. The molecule has 4 rings (SSSR count). The van der Waals surface area contributed by atoms with Crippen molar-refractivity contribution in [2.45, 2.75) is 70.0 Å². The van der Waals surface area contributed by atoms with Gasteiger partial charge in [0.15, 0.2) is 0 Å². The molecule has 2 bridgehead atoms. The van der Waals surface area contributed by atoms with Gasteiger partial charge in [0, 0.05) is 18.8 Å². The molecule has 1 aliphatic heterocycles. The predicted molar refractivity (Wildman–Crippen MR) is 112 cm³/mol. The summed E-state index contributed by atoms with van der Waals surface area (Å²) in [4.78, 5) is 37.0. The highest BCUT2D eigenvalue weighted by molar-refractivity contribution is 7.85. The molecule has 1 heterocycles. The highest BCUT2D eigenvalue weighted by Crippen LogP contribution is 2.59. The Balaban J connectivity index is 1.69. The van der Waals surface area contributed by atoms with Crippen LogP contribution in [0.25, 0.3) is 0 Å². The van der Waals surface area contributed by atoms with E-state index in [2.05, 4.69) is 0 Å². The predicted octanol–water partition coefficient (Wildman–Crippen LogP) is 2.48. The Kier molecular flexibility index (Phi) is 5.81. The zero-order valence-electron chi connectivity index (χ0n) is 19.1. The van der Waals surface area contributed by atoms with Crippen molar-refractivity contribution in [1.82, 2.24) is 0 Å². The molecule has 0 amide bonds. The van der Waals surface area contributed by atoms with Crippen LogP contribution in [0.3, 0.4) is 0 Å². The van der Waals surface area contributed by atoms with Crippen LogP contribution in [0, 0.1) is 23.7 Å². The number of carbonyl (C=O) groups is 3. The summed E-state index contributed by atoms with van der Waals surface area (Å²) in [6, 6.07) is 2.79. The van der Waals surface area contributed by atoms with Gasteiger partial charge in [0.1, 0.15) is 28.1 Å². The van der Waals surface area contributed by atoms with E-state index in [0.717, 1.165) is 0 Å². The molecule has 6 unspecified atom stereocenters. The molecule has 6 atom stereocenters. The standard InChI is InChI=1S/C23H28O9S/c1-9(2)13-6-12(7-14(10(3)4)21(13)33(27,28)29)31-22(25)17-15-8-16-18(17)23(26)32-20(16)19(15)30-11(5)24/h6-7,9-10,15-20H,8H2,1-5H3,(H,27,28,29)/p-1. The molecule has 0 spiro atoms. The third kappa shape index (κ3) is 3.93. The highest BCUT2D eigenvalue weighted by atomic mass is 32.2. The first-order valence-electron chi connectivity index (χ1n) is 11.0. The van der Waals surface area contributed by atoms with E-state index < -0.39 is 58.0 Å². The van der Waals surface area contributed by atoms with Crippen molar-refractivity contribution in [3.63, 3.8) is 0 Å². The summed E-state index contributed by atoms with van der Waals surface area (Å²) in [6.45, 7) is 8.24. The van der Waals surface area contributed by atoms with E-state index in [0.29, 0.717) is 6.42 Å². The van der Waals surface area contributed by atoms with E-state index in [1.807, 2.05) is 0 Å². The lowest BCUT2D eigenvalue weighted by Crippen LogP contribution is -2.44. The van der Waals surface area contributed by atoms with Gasteiger partial charge in [-0.3, -0.25) is 14.4 Å². The molecular weight excluding hydrogens is 452 g/mol. The SMILES string of the molecule is CC(=O)OC1C2CC3C1OC(=O)C3C2C(=O)Oc1cc(C(C)C)c(S(=O)(=O)[O-])c(C(C)C)c1. The monoisotopic (exact) mass is 479 g/mol. The second-order valence-corrected chi connectivity index (χ2v) is 11.0. The second kappa shape index (κ2) is 8.09. The van der Waals surface area contributed by atoms with Gasteiger partial charge in [0.05, 0.1) is 16.7 Å². The topological polar surface area (TPSA) is 136 Å². The zero-order chi connectivity index (χ0) is 24.4. The number of rotatable bonds is 6. The zero-order valence-corrected chi connectivity index (χ0v) is 19.9. The first kappa shape index (κ1) is 23.7. The fourth-order valence-corrected chi connectivity index (χ4v) is 6.86. The second-order valence-electron chi connectivity index (χ2n) is 9.71. The van der Waals surface area contributed by atoms with Gasteiger partial charge in [-0.2, -0.15) is 0 Å². The molecular formula is C23H27O9S-. The minimum atomic E-state index is -4.76. The van der Waals surface area contributed by atoms with E-state index in [4.69, 9.17) is 14.2 Å². The van der Waals surface area contributed by atoms with E-state index in [9.17, 15) is 27.4 Å². The maximum atomic E-state index is 13.3. The molecule has 2 saturated carbocycles. The average molecular weight is 480 g/mol. The number of esters is 3. The molecule has 1 saturated heterocycles. The summed E-state index contributed by atoms with van der Waals surface area (Å²) >= 11 is 0. The Labute approximate surface area is 192 Å².